The number of nitriles is 1. The quantitative estimate of drug-likeness (QED) is 0.345. The van der Waals surface area contributed by atoms with E-state index in [9.17, 15) is 20.2 Å². The monoisotopic (exact) mass is 469 g/mol. The molecule has 9 heteroatoms. The third-order valence-electron chi connectivity index (χ3n) is 4.87. The molecule has 7 nitrogen and oxygen atoms in total. The van der Waals surface area contributed by atoms with Crippen LogP contribution in [-0.4, -0.2) is 17.9 Å². The maximum Gasteiger partial charge on any atom is 0.311 e. The van der Waals surface area contributed by atoms with Gasteiger partial charge in [-0.25, -0.2) is 0 Å². The minimum absolute atomic E-state index is 0.0554. The molecule has 0 aliphatic heterocycles. The van der Waals surface area contributed by atoms with Crippen LogP contribution >= 0.6 is 23.2 Å². The molecule has 0 heterocycles. The Morgan fingerprint density at radius 1 is 1.16 bits per heavy atom. The highest BCUT2D eigenvalue weighted by molar-refractivity contribution is 6.32. The van der Waals surface area contributed by atoms with Crippen LogP contribution in [0.15, 0.2) is 54.6 Å². The van der Waals surface area contributed by atoms with Gasteiger partial charge in [-0.3, -0.25) is 14.9 Å². The first-order valence-corrected chi connectivity index (χ1v) is 10.1. The highest BCUT2D eigenvalue weighted by Gasteiger charge is 2.21. The van der Waals surface area contributed by atoms with Crippen molar-refractivity contribution in [3.05, 3.63) is 97.0 Å². The summed E-state index contributed by atoms with van der Waals surface area (Å²) in [5, 5.41) is 24.5. The molecule has 0 radical (unpaired) electrons. The number of hydrogen-bond acceptors (Lipinski definition) is 5. The number of nitro groups is 1. The molecule has 3 aromatic carbocycles. The van der Waals surface area contributed by atoms with Crippen molar-refractivity contribution >= 4 is 40.5 Å². The zero-order valence-electron chi connectivity index (χ0n) is 17.1. The number of methoxy groups -OCH3 is 1. The Balaban J connectivity index is 1.91. The Kier molecular flexibility index (Phi) is 6.98. The summed E-state index contributed by atoms with van der Waals surface area (Å²) >= 11 is 12.4. The molecule has 0 bridgehead atoms. The lowest BCUT2D eigenvalue weighted by Crippen LogP contribution is -2.14. The lowest BCUT2D eigenvalue weighted by molar-refractivity contribution is -0.385. The standard InChI is InChI=1S/C23H17Cl2N3O4/c1-13-9-17(18(12-26)14-3-6-16(24)7-4-14)19(25)11-20(13)27-23(29)15-5-8-22(32-2)21(10-15)28(30)31/h3-11,18H,1-2H3,(H,27,29)/t18-/m1/s1. The number of amides is 1. The van der Waals surface area contributed by atoms with Crippen LogP contribution in [0.2, 0.25) is 10.0 Å². The molecule has 0 saturated carbocycles. The van der Waals surface area contributed by atoms with Gasteiger partial charge < -0.3 is 10.1 Å². The number of nitrogens with zero attached hydrogens (tertiary/aromatic N) is 2. The van der Waals surface area contributed by atoms with E-state index < -0.39 is 16.7 Å². The molecule has 1 amide bonds. The van der Waals surface area contributed by atoms with E-state index in [2.05, 4.69) is 11.4 Å². The predicted octanol–water partition coefficient (Wildman–Crippen LogP) is 6.13. The van der Waals surface area contributed by atoms with Crippen LogP contribution < -0.4 is 10.1 Å². The van der Waals surface area contributed by atoms with Crippen molar-refractivity contribution in [3.8, 4) is 11.8 Å². The number of anilines is 1. The van der Waals surface area contributed by atoms with Crippen LogP contribution in [0, 0.1) is 28.4 Å². The van der Waals surface area contributed by atoms with Gasteiger partial charge in [-0.1, -0.05) is 41.4 Å². The lowest BCUT2D eigenvalue weighted by Gasteiger charge is -2.16. The van der Waals surface area contributed by atoms with Crippen molar-refractivity contribution < 1.29 is 14.5 Å². The van der Waals surface area contributed by atoms with E-state index in [1.165, 1.54) is 19.2 Å². The number of aryl methyl sites for hydroxylation is 1. The van der Waals surface area contributed by atoms with Crippen molar-refractivity contribution in [3.63, 3.8) is 0 Å². The van der Waals surface area contributed by atoms with Crippen molar-refractivity contribution in [2.75, 3.05) is 12.4 Å². The molecule has 0 spiro atoms. The van der Waals surface area contributed by atoms with Crippen LogP contribution in [0.1, 0.15) is 33.0 Å². The van der Waals surface area contributed by atoms with Crippen molar-refractivity contribution in [1.29, 1.82) is 5.26 Å². The molecular formula is C23H17Cl2N3O4. The molecule has 0 aliphatic rings. The number of benzene rings is 3. The summed E-state index contributed by atoms with van der Waals surface area (Å²) in [6.45, 7) is 1.77. The topological polar surface area (TPSA) is 105 Å². The number of halogens is 2. The van der Waals surface area contributed by atoms with Gasteiger partial charge in [-0.2, -0.15) is 5.26 Å². The second kappa shape index (κ2) is 9.69. The SMILES string of the molecule is COc1ccc(C(=O)Nc2cc(Cl)c([C@H](C#N)c3ccc(Cl)cc3)cc2C)cc1[N+](=O)[O-]. The fraction of sp³-hybridized carbons (Fsp3) is 0.130. The first-order valence-electron chi connectivity index (χ1n) is 9.34. The van der Waals surface area contributed by atoms with Gasteiger partial charge in [-0.15, -0.1) is 0 Å². The maximum atomic E-state index is 12.7. The number of nitrogens with one attached hydrogen (secondary N) is 1. The second-order valence-corrected chi connectivity index (χ2v) is 7.74. The molecule has 0 fully saturated rings. The van der Waals surface area contributed by atoms with Crippen LogP contribution in [0.3, 0.4) is 0 Å². The highest BCUT2D eigenvalue weighted by atomic mass is 35.5. The van der Waals surface area contributed by atoms with Gasteiger partial charge in [0.1, 0.15) is 0 Å². The van der Waals surface area contributed by atoms with E-state index in [-0.39, 0.29) is 17.0 Å². The van der Waals surface area contributed by atoms with Crippen molar-refractivity contribution in [2.45, 2.75) is 12.8 Å². The summed E-state index contributed by atoms with van der Waals surface area (Å²) in [5.41, 5.74) is 2.20. The van der Waals surface area contributed by atoms with Gasteiger partial charge in [0.05, 0.1) is 24.0 Å². The largest absolute Gasteiger partial charge is 0.490 e. The Morgan fingerprint density at radius 2 is 1.84 bits per heavy atom. The molecule has 0 aliphatic carbocycles. The van der Waals surface area contributed by atoms with Gasteiger partial charge in [0.2, 0.25) is 0 Å². The minimum atomic E-state index is -0.620. The first kappa shape index (κ1) is 23.1. The fourth-order valence-corrected chi connectivity index (χ4v) is 3.61. The van der Waals surface area contributed by atoms with E-state index in [1.54, 1.807) is 43.3 Å². The average molecular weight is 470 g/mol. The molecule has 1 N–H and O–H groups in total. The molecule has 1 atom stereocenters. The lowest BCUT2D eigenvalue weighted by atomic mass is 9.91. The number of rotatable bonds is 6. The van der Waals surface area contributed by atoms with Crippen LogP contribution in [0.5, 0.6) is 5.75 Å². The van der Waals surface area contributed by atoms with E-state index >= 15 is 0 Å². The summed E-state index contributed by atoms with van der Waals surface area (Å²) < 4.78 is 4.96. The molecule has 0 aromatic heterocycles. The summed E-state index contributed by atoms with van der Waals surface area (Å²) in [6, 6.07) is 16.4. The van der Waals surface area contributed by atoms with Crippen molar-refractivity contribution in [2.24, 2.45) is 0 Å². The Hall–Kier alpha value is -3.60. The zero-order valence-corrected chi connectivity index (χ0v) is 18.6. The van der Waals surface area contributed by atoms with Gasteiger partial charge in [-0.05, 0) is 53.9 Å². The van der Waals surface area contributed by atoms with E-state index in [0.717, 1.165) is 11.6 Å². The van der Waals surface area contributed by atoms with Gasteiger partial charge in [0.25, 0.3) is 5.91 Å². The highest BCUT2D eigenvalue weighted by Crippen LogP contribution is 2.35. The number of carbonyl (C=O) groups excluding carboxylic acids is 1. The third-order valence-corrected chi connectivity index (χ3v) is 5.45. The Labute approximate surface area is 194 Å². The minimum Gasteiger partial charge on any atom is -0.490 e. The van der Waals surface area contributed by atoms with Gasteiger partial charge in [0, 0.05) is 27.4 Å². The second-order valence-electron chi connectivity index (χ2n) is 6.90. The molecule has 32 heavy (non-hydrogen) atoms. The molecule has 3 aromatic rings. The average Bonchev–Trinajstić information content (AvgIpc) is 2.78. The Bertz CT molecular complexity index is 1240. The van der Waals surface area contributed by atoms with Crippen LogP contribution in [0.4, 0.5) is 11.4 Å². The molecule has 3 rings (SSSR count). The molecular weight excluding hydrogens is 453 g/mol. The maximum absolute atomic E-state index is 12.7. The van der Waals surface area contributed by atoms with Crippen molar-refractivity contribution in [1.82, 2.24) is 0 Å². The number of nitro benzene ring substituents is 1. The normalized spacial score (nSPS) is 11.3. The molecule has 0 saturated heterocycles. The van der Waals surface area contributed by atoms with Crippen LogP contribution in [-0.2, 0) is 0 Å². The number of carbonyl (C=O) groups is 1. The Morgan fingerprint density at radius 3 is 2.44 bits per heavy atom. The molecule has 0 unspecified atom stereocenters. The zero-order chi connectivity index (χ0) is 23.4. The van der Waals surface area contributed by atoms with Gasteiger partial charge in [0.15, 0.2) is 5.75 Å². The number of ether oxygens (including phenoxy) is 1. The smallest absolute Gasteiger partial charge is 0.311 e. The summed E-state index contributed by atoms with van der Waals surface area (Å²) in [6.07, 6.45) is 0. The summed E-state index contributed by atoms with van der Waals surface area (Å²) in [7, 11) is 1.31. The van der Waals surface area contributed by atoms with Gasteiger partial charge >= 0.3 is 5.69 Å². The first-order chi connectivity index (χ1) is 15.2. The van der Waals surface area contributed by atoms with E-state index in [1.807, 2.05) is 0 Å². The molecule has 162 valence electrons. The summed E-state index contributed by atoms with van der Waals surface area (Å²) in [5.74, 6) is -1.11. The predicted molar refractivity (Wildman–Crippen MR) is 123 cm³/mol. The van der Waals surface area contributed by atoms with Crippen LogP contribution in [0.25, 0.3) is 0 Å². The number of hydrogen-bond donors (Lipinski definition) is 1. The third kappa shape index (κ3) is 4.83. The van der Waals surface area contributed by atoms with E-state index in [0.29, 0.717) is 26.9 Å². The summed E-state index contributed by atoms with van der Waals surface area (Å²) in [4.78, 5) is 23.3. The fourth-order valence-electron chi connectivity index (χ4n) is 3.21. The van der Waals surface area contributed by atoms with E-state index in [4.69, 9.17) is 27.9 Å².